The lowest BCUT2D eigenvalue weighted by molar-refractivity contribution is 0.342. The number of hydrogen-bond donors (Lipinski definition) is 0. The second-order valence-electron chi connectivity index (χ2n) is 5.14. The highest BCUT2D eigenvalue weighted by Gasteiger charge is 2.17. The molecule has 1 aliphatic rings. The van der Waals surface area contributed by atoms with E-state index in [9.17, 15) is 0 Å². The lowest BCUT2D eigenvalue weighted by Crippen LogP contribution is -2.15. The molecule has 1 saturated carbocycles. The second kappa shape index (κ2) is 4.82. The maximum absolute atomic E-state index is 4.49. The molecular formula is C13H22N2. The molecule has 0 spiro atoms. The fraction of sp³-hybridized carbons (Fsp3) is 0.769. The van der Waals surface area contributed by atoms with E-state index < -0.39 is 0 Å². The van der Waals surface area contributed by atoms with E-state index in [2.05, 4.69) is 29.6 Å². The summed E-state index contributed by atoms with van der Waals surface area (Å²) in [6.45, 7) is 4.53. The van der Waals surface area contributed by atoms with Crippen molar-refractivity contribution in [1.82, 2.24) is 9.55 Å². The molecule has 2 heteroatoms. The van der Waals surface area contributed by atoms with Gasteiger partial charge in [0.1, 0.15) is 5.82 Å². The Balaban J connectivity index is 2.09. The molecule has 0 N–H and O–H groups in total. The van der Waals surface area contributed by atoms with Crippen LogP contribution in [0.4, 0.5) is 0 Å². The Morgan fingerprint density at radius 3 is 2.73 bits per heavy atom. The Morgan fingerprint density at radius 2 is 2.07 bits per heavy atom. The summed E-state index contributed by atoms with van der Waals surface area (Å²) < 4.78 is 2.43. The summed E-state index contributed by atoms with van der Waals surface area (Å²) in [6.07, 6.45) is 12.2. The summed E-state index contributed by atoms with van der Waals surface area (Å²) in [5.41, 5.74) is 0. The van der Waals surface area contributed by atoms with Crippen LogP contribution in [-0.4, -0.2) is 9.55 Å². The van der Waals surface area contributed by atoms with E-state index in [1.165, 1.54) is 37.9 Å². The molecule has 2 rings (SSSR count). The molecular weight excluding hydrogens is 184 g/mol. The van der Waals surface area contributed by atoms with Gasteiger partial charge in [0, 0.05) is 24.9 Å². The molecule has 84 valence electrons. The number of nitrogens with zero attached hydrogens (tertiary/aromatic N) is 2. The van der Waals surface area contributed by atoms with Crippen LogP contribution in [0.3, 0.4) is 0 Å². The average molecular weight is 206 g/mol. The average Bonchev–Trinajstić information content (AvgIpc) is 2.66. The van der Waals surface area contributed by atoms with Crippen molar-refractivity contribution in [3.8, 4) is 0 Å². The maximum atomic E-state index is 4.49. The van der Waals surface area contributed by atoms with Crippen molar-refractivity contribution >= 4 is 0 Å². The Morgan fingerprint density at radius 1 is 1.33 bits per heavy atom. The summed E-state index contributed by atoms with van der Waals surface area (Å²) in [4.78, 5) is 4.49. The topological polar surface area (TPSA) is 17.8 Å². The summed E-state index contributed by atoms with van der Waals surface area (Å²) in [6, 6.07) is 0.731. The molecule has 0 radical (unpaired) electrons. The van der Waals surface area contributed by atoms with E-state index in [-0.39, 0.29) is 0 Å². The van der Waals surface area contributed by atoms with Gasteiger partial charge in [0.15, 0.2) is 0 Å². The smallest absolute Gasteiger partial charge is 0.109 e. The van der Waals surface area contributed by atoms with Gasteiger partial charge >= 0.3 is 0 Å². The number of rotatable bonds is 3. The van der Waals surface area contributed by atoms with E-state index in [1.54, 1.807) is 0 Å². The van der Waals surface area contributed by atoms with Crippen LogP contribution in [0.25, 0.3) is 0 Å². The van der Waals surface area contributed by atoms with Crippen LogP contribution in [0.15, 0.2) is 12.4 Å². The van der Waals surface area contributed by atoms with Crippen molar-refractivity contribution in [2.24, 2.45) is 5.92 Å². The van der Waals surface area contributed by atoms with Crippen molar-refractivity contribution in [2.75, 3.05) is 0 Å². The molecule has 0 amide bonds. The monoisotopic (exact) mass is 206 g/mol. The first-order chi connectivity index (χ1) is 7.27. The summed E-state index contributed by atoms with van der Waals surface area (Å²) in [5, 5.41) is 0. The molecule has 15 heavy (non-hydrogen) atoms. The summed E-state index contributed by atoms with van der Waals surface area (Å²) >= 11 is 0. The van der Waals surface area contributed by atoms with Gasteiger partial charge in [0.05, 0.1) is 0 Å². The number of aromatic nitrogens is 2. The highest BCUT2D eigenvalue weighted by atomic mass is 15.1. The molecule has 0 aromatic carbocycles. The number of hydrogen-bond acceptors (Lipinski definition) is 1. The van der Waals surface area contributed by atoms with Crippen LogP contribution in [0.1, 0.15) is 57.8 Å². The van der Waals surface area contributed by atoms with Crippen molar-refractivity contribution in [1.29, 1.82) is 0 Å². The van der Waals surface area contributed by atoms with E-state index in [4.69, 9.17) is 0 Å². The number of imidazole rings is 1. The molecule has 1 heterocycles. The Bertz CT molecular complexity index is 295. The Kier molecular flexibility index (Phi) is 3.45. The van der Waals surface area contributed by atoms with Gasteiger partial charge in [0.25, 0.3) is 0 Å². The Labute approximate surface area is 92.7 Å². The lowest BCUT2D eigenvalue weighted by atomic mass is 9.95. The van der Waals surface area contributed by atoms with Gasteiger partial charge in [-0.15, -0.1) is 0 Å². The van der Waals surface area contributed by atoms with Gasteiger partial charge in [-0.1, -0.05) is 33.1 Å². The fourth-order valence-corrected chi connectivity index (χ4v) is 2.56. The SMILES string of the molecule is CC(C)Cc1nccn1C1CCCCC1. The van der Waals surface area contributed by atoms with E-state index in [1.807, 2.05) is 6.20 Å². The highest BCUT2D eigenvalue weighted by molar-refractivity contribution is 4.96. The standard InChI is InChI=1S/C13H22N2/c1-11(2)10-13-14-8-9-15(13)12-6-4-3-5-7-12/h8-9,11-12H,3-7,10H2,1-2H3. The predicted molar refractivity (Wildman–Crippen MR) is 62.9 cm³/mol. The van der Waals surface area contributed by atoms with Crippen LogP contribution in [0, 0.1) is 5.92 Å². The first-order valence-electron chi connectivity index (χ1n) is 6.29. The molecule has 1 fully saturated rings. The van der Waals surface area contributed by atoms with Crippen molar-refractivity contribution in [3.63, 3.8) is 0 Å². The van der Waals surface area contributed by atoms with Crippen LogP contribution in [0.2, 0.25) is 0 Å². The van der Waals surface area contributed by atoms with Crippen molar-refractivity contribution in [2.45, 2.75) is 58.4 Å². The van der Waals surface area contributed by atoms with E-state index >= 15 is 0 Å². The van der Waals surface area contributed by atoms with Gasteiger partial charge in [-0.3, -0.25) is 0 Å². The largest absolute Gasteiger partial charge is 0.332 e. The second-order valence-corrected chi connectivity index (χ2v) is 5.14. The van der Waals surface area contributed by atoms with Crippen molar-refractivity contribution < 1.29 is 0 Å². The zero-order valence-electron chi connectivity index (χ0n) is 9.95. The molecule has 2 nitrogen and oxygen atoms in total. The molecule has 0 atom stereocenters. The first kappa shape index (κ1) is 10.7. The highest BCUT2D eigenvalue weighted by Crippen LogP contribution is 2.29. The summed E-state index contributed by atoms with van der Waals surface area (Å²) in [7, 11) is 0. The molecule has 1 aliphatic carbocycles. The molecule has 0 bridgehead atoms. The maximum Gasteiger partial charge on any atom is 0.109 e. The van der Waals surface area contributed by atoms with Crippen molar-refractivity contribution in [3.05, 3.63) is 18.2 Å². The predicted octanol–water partition coefficient (Wildman–Crippen LogP) is 3.59. The van der Waals surface area contributed by atoms with E-state index in [0.717, 1.165) is 12.5 Å². The van der Waals surface area contributed by atoms with Gasteiger partial charge in [0.2, 0.25) is 0 Å². The van der Waals surface area contributed by atoms with Crippen LogP contribution in [-0.2, 0) is 6.42 Å². The van der Waals surface area contributed by atoms with Crippen LogP contribution in [0.5, 0.6) is 0 Å². The van der Waals surface area contributed by atoms with Gasteiger partial charge in [-0.25, -0.2) is 4.98 Å². The fourth-order valence-electron chi connectivity index (χ4n) is 2.56. The normalized spacial score (nSPS) is 18.6. The van der Waals surface area contributed by atoms with E-state index in [0.29, 0.717) is 5.92 Å². The molecule has 0 unspecified atom stereocenters. The van der Waals surface area contributed by atoms with Gasteiger partial charge in [-0.05, 0) is 18.8 Å². The van der Waals surface area contributed by atoms with Crippen LogP contribution < -0.4 is 0 Å². The lowest BCUT2D eigenvalue weighted by Gasteiger charge is -2.25. The third-order valence-corrected chi connectivity index (χ3v) is 3.31. The van der Waals surface area contributed by atoms with Gasteiger partial charge < -0.3 is 4.57 Å². The molecule has 1 aromatic heterocycles. The Hall–Kier alpha value is -0.790. The third kappa shape index (κ3) is 2.61. The summed E-state index contributed by atoms with van der Waals surface area (Å²) in [5.74, 6) is 1.99. The zero-order chi connectivity index (χ0) is 10.7. The quantitative estimate of drug-likeness (QED) is 0.739. The zero-order valence-corrected chi connectivity index (χ0v) is 9.95. The molecule has 0 aliphatic heterocycles. The molecule has 1 aromatic rings. The first-order valence-corrected chi connectivity index (χ1v) is 6.29. The van der Waals surface area contributed by atoms with Crippen LogP contribution >= 0.6 is 0 Å². The third-order valence-electron chi connectivity index (χ3n) is 3.31. The van der Waals surface area contributed by atoms with Gasteiger partial charge in [-0.2, -0.15) is 0 Å². The minimum absolute atomic E-state index is 0.703. The molecule has 0 saturated heterocycles. The minimum atomic E-state index is 0.703. The minimum Gasteiger partial charge on any atom is -0.332 e.